The molecule has 1 heterocycles. The number of carbonyl (C=O) groups excluding carboxylic acids is 3. The monoisotopic (exact) mass is 525 g/mol. The largest absolute Gasteiger partial charge is 0.357 e. The highest BCUT2D eigenvalue weighted by Gasteiger charge is 2.40. The molecule has 3 rings (SSSR count). The third-order valence-electron chi connectivity index (χ3n) is 5.65. The second kappa shape index (κ2) is 10.8. The highest BCUT2D eigenvalue weighted by Crippen LogP contribution is 2.30. The maximum absolute atomic E-state index is 13.2. The van der Waals surface area contributed by atoms with Crippen molar-refractivity contribution in [2.24, 2.45) is 0 Å². The number of hydrogen-bond donors (Lipinski definition) is 1. The molecule has 0 saturated heterocycles. The summed E-state index contributed by atoms with van der Waals surface area (Å²) in [4.78, 5) is 39.6. The molecule has 0 fully saturated rings. The van der Waals surface area contributed by atoms with Gasteiger partial charge in [0.15, 0.2) is 0 Å². The normalized spacial score (nSPS) is 15.1. The van der Waals surface area contributed by atoms with Gasteiger partial charge in [-0.3, -0.25) is 14.4 Å². The average molecular weight is 526 g/mol. The minimum absolute atomic E-state index is 0.0315. The number of carbonyl (C=O) groups is 3. The van der Waals surface area contributed by atoms with E-state index in [4.69, 9.17) is 23.2 Å². The Morgan fingerprint density at radius 2 is 1.85 bits per heavy atom. The standard InChI is InChI=1S/C23H25Cl2N3O5S/c1-3-19(22(30)26-2)27(14-15-10-11-16(24)13-18(15)25)21(29)9-6-12-28-23(31)17-7-4-5-8-20(17)34(28,32)33/h4-5,7-8,10-11,13,19H,3,6,9,12,14H2,1-2H3,(H,26,30). The average Bonchev–Trinajstić information content (AvgIpc) is 3.00. The van der Waals surface area contributed by atoms with Gasteiger partial charge in [0.05, 0.1) is 5.56 Å². The van der Waals surface area contributed by atoms with Crippen LogP contribution in [0, 0.1) is 0 Å². The van der Waals surface area contributed by atoms with Crippen molar-refractivity contribution in [1.29, 1.82) is 0 Å². The van der Waals surface area contributed by atoms with Crippen LogP contribution >= 0.6 is 23.2 Å². The fourth-order valence-corrected chi connectivity index (χ4v) is 5.96. The fourth-order valence-electron chi connectivity index (χ4n) is 3.89. The van der Waals surface area contributed by atoms with Crippen molar-refractivity contribution in [2.75, 3.05) is 13.6 Å². The molecule has 2 aromatic carbocycles. The van der Waals surface area contributed by atoms with E-state index in [0.717, 1.165) is 4.31 Å². The smallest absolute Gasteiger partial charge is 0.269 e. The van der Waals surface area contributed by atoms with Crippen LogP contribution in [-0.4, -0.2) is 55.0 Å². The predicted molar refractivity (Wildman–Crippen MR) is 129 cm³/mol. The number of rotatable bonds is 9. The van der Waals surface area contributed by atoms with Crippen molar-refractivity contribution in [3.63, 3.8) is 0 Å². The fraction of sp³-hybridized carbons (Fsp3) is 0.348. The lowest BCUT2D eigenvalue weighted by molar-refractivity contribution is -0.141. The Kier molecular flexibility index (Phi) is 8.22. The van der Waals surface area contributed by atoms with Crippen molar-refractivity contribution in [2.45, 2.75) is 43.7 Å². The Hall–Kier alpha value is -2.62. The number of hydrogen-bond acceptors (Lipinski definition) is 5. The lowest BCUT2D eigenvalue weighted by Crippen LogP contribution is -2.48. The quantitative estimate of drug-likeness (QED) is 0.539. The van der Waals surface area contributed by atoms with Crippen molar-refractivity contribution >= 4 is 50.9 Å². The zero-order valence-corrected chi connectivity index (χ0v) is 21.1. The van der Waals surface area contributed by atoms with Crippen LogP contribution in [0.3, 0.4) is 0 Å². The van der Waals surface area contributed by atoms with Crippen LogP contribution < -0.4 is 5.32 Å². The maximum Gasteiger partial charge on any atom is 0.269 e. The second-order valence-electron chi connectivity index (χ2n) is 7.78. The van der Waals surface area contributed by atoms with Gasteiger partial charge in [-0.25, -0.2) is 12.7 Å². The molecular formula is C23H25Cl2N3O5S. The van der Waals surface area contributed by atoms with E-state index in [2.05, 4.69) is 5.32 Å². The molecule has 1 N–H and O–H groups in total. The molecule has 0 aliphatic carbocycles. The molecule has 182 valence electrons. The number of sulfonamides is 1. The number of benzene rings is 2. The Labute approximate surface area is 208 Å². The topological polar surface area (TPSA) is 104 Å². The molecule has 1 aliphatic rings. The number of amides is 3. The van der Waals surface area contributed by atoms with Crippen LogP contribution in [0.15, 0.2) is 47.4 Å². The summed E-state index contributed by atoms with van der Waals surface area (Å²) >= 11 is 12.3. The number of nitrogens with one attached hydrogen (secondary N) is 1. The lowest BCUT2D eigenvalue weighted by atomic mass is 10.1. The SMILES string of the molecule is CCC(C(=O)NC)N(Cc1ccc(Cl)cc1Cl)C(=O)CCCN1C(=O)c2ccccc2S1(=O)=O. The van der Waals surface area contributed by atoms with Crippen LogP contribution in [-0.2, 0) is 26.2 Å². The number of halogens is 2. The van der Waals surface area contributed by atoms with Crippen LogP contribution in [0.4, 0.5) is 0 Å². The molecule has 34 heavy (non-hydrogen) atoms. The van der Waals surface area contributed by atoms with Crippen LogP contribution in [0.2, 0.25) is 10.0 Å². The summed E-state index contributed by atoms with van der Waals surface area (Å²) in [6.07, 6.45) is 0.409. The number of fused-ring (bicyclic) bond motifs is 1. The van der Waals surface area contributed by atoms with Gasteiger partial charge in [0, 0.05) is 36.6 Å². The minimum atomic E-state index is -3.95. The molecular weight excluding hydrogens is 501 g/mol. The summed E-state index contributed by atoms with van der Waals surface area (Å²) in [7, 11) is -2.46. The summed E-state index contributed by atoms with van der Waals surface area (Å²) in [5.74, 6) is -1.29. The van der Waals surface area contributed by atoms with Gasteiger partial charge in [-0.05, 0) is 42.7 Å². The molecule has 1 unspecified atom stereocenters. The van der Waals surface area contributed by atoms with E-state index in [0.29, 0.717) is 22.0 Å². The van der Waals surface area contributed by atoms with E-state index in [-0.39, 0.29) is 48.2 Å². The highest BCUT2D eigenvalue weighted by atomic mass is 35.5. The molecule has 0 saturated carbocycles. The summed E-state index contributed by atoms with van der Waals surface area (Å²) in [6, 6.07) is 10.2. The van der Waals surface area contributed by atoms with Crippen LogP contribution in [0.25, 0.3) is 0 Å². The van der Waals surface area contributed by atoms with Gasteiger partial charge in [-0.1, -0.05) is 48.3 Å². The van der Waals surface area contributed by atoms with Crippen molar-refractivity contribution in [3.05, 3.63) is 63.6 Å². The van der Waals surface area contributed by atoms with Gasteiger partial charge in [-0.15, -0.1) is 0 Å². The molecule has 1 atom stereocenters. The third-order valence-corrected chi connectivity index (χ3v) is 8.08. The lowest BCUT2D eigenvalue weighted by Gasteiger charge is -2.30. The van der Waals surface area contributed by atoms with Gasteiger partial charge < -0.3 is 10.2 Å². The summed E-state index contributed by atoms with van der Waals surface area (Å²) in [6.45, 7) is 1.72. The van der Waals surface area contributed by atoms with E-state index in [1.54, 1.807) is 37.3 Å². The van der Waals surface area contributed by atoms with Gasteiger partial charge in [0.2, 0.25) is 11.8 Å². The summed E-state index contributed by atoms with van der Waals surface area (Å²) < 4.78 is 26.2. The van der Waals surface area contributed by atoms with Crippen molar-refractivity contribution in [3.8, 4) is 0 Å². The van der Waals surface area contributed by atoms with Crippen molar-refractivity contribution in [1.82, 2.24) is 14.5 Å². The van der Waals surface area contributed by atoms with Crippen LogP contribution in [0.5, 0.6) is 0 Å². The van der Waals surface area contributed by atoms with E-state index in [9.17, 15) is 22.8 Å². The first-order chi connectivity index (χ1) is 16.1. The van der Waals surface area contributed by atoms with Gasteiger partial charge >= 0.3 is 0 Å². The molecule has 0 spiro atoms. The first-order valence-electron chi connectivity index (χ1n) is 10.7. The molecule has 0 aromatic heterocycles. The van der Waals surface area contributed by atoms with E-state index >= 15 is 0 Å². The van der Waals surface area contributed by atoms with Crippen molar-refractivity contribution < 1.29 is 22.8 Å². The maximum atomic E-state index is 13.2. The Bertz CT molecular complexity index is 1220. The molecule has 3 amide bonds. The highest BCUT2D eigenvalue weighted by molar-refractivity contribution is 7.90. The zero-order valence-electron chi connectivity index (χ0n) is 18.8. The number of nitrogens with zero attached hydrogens (tertiary/aromatic N) is 2. The second-order valence-corrected chi connectivity index (χ2v) is 10.5. The Morgan fingerprint density at radius 1 is 1.15 bits per heavy atom. The Balaban J connectivity index is 1.75. The predicted octanol–water partition coefficient (Wildman–Crippen LogP) is 3.47. The molecule has 2 aromatic rings. The zero-order chi connectivity index (χ0) is 25.0. The van der Waals surface area contributed by atoms with Gasteiger partial charge in [-0.2, -0.15) is 0 Å². The molecule has 0 radical (unpaired) electrons. The van der Waals surface area contributed by atoms with E-state index in [1.807, 2.05) is 0 Å². The first kappa shape index (κ1) is 26.0. The van der Waals surface area contributed by atoms with E-state index < -0.39 is 22.0 Å². The molecule has 0 bridgehead atoms. The number of likely N-dealkylation sites (N-methyl/N-ethyl adjacent to an activating group) is 1. The minimum Gasteiger partial charge on any atom is -0.357 e. The Morgan fingerprint density at radius 3 is 2.47 bits per heavy atom. The van der Waals surface area contributed by atoms with Crippen LogP contribution in [0.1, 0.15) is 42.1 Å². The molecule has 8 nitrogen and oxygen atoms in total. The molecule has 1 aliphatic heterocycles. The van der Waals surface area contributed by atoms with E-state index in [1.165, 1.54) is 24.1 Å². The summed E-state index contributed by atoms with van der Waals surface area (Å²) in [5.41, 5.74) is 0.744. The summed E-state index contributed by atoms with van der Waals surface area (Å²) in [5, 5.41) is 3.38. The first-order valence-corrected chi connectivity index (χ1v) is 12.9. The van der Waals surface area contributed by atoms with Gasteiger partial charge in [0.1, 0.15) is 10.9 Å². The van der Waals surface area contributed by atoms with Gasteiger partial charge in [0.25, 0.3) is 15.9 Å². The third kappa shape index (κ3) is 5.21. The molecule has 11 heteroatoms.